The molecular weight excluding hydrogens is 963 g/mol. The van der Waals surface area contributed by atoms with Crippen LogP contribution in [0.25, 0.3) is 10.9 Å². The number of likely N-dealkylation sites (N-methyl/N-ethyl adjacent to an activating group) is 1. The van der Waals surface area contributed by atoms with Crippen LogP contribution in [0, 0.1) is 5.41 Å². The highest BCUT2D eigenvalue weighted by molar-refractivity contribution is 5.97. The van der Waals surface area contributed by atoms with Gasteiger partial charge in [-0.25, -0.2) is 0 Å². The Morgan fingerprint density at radius 2 is 0.973 bits per heavy atom. The Labute approximate surface area is 444 Å². The highest BCUT2D eigenvalue weighted by Gasteiger charge is 2.33. The van der Waals surface area contributed by atoms with E-state index in [1.807, 2.05) is 18.2 Å². The van der Waals surface area contributed by atoms with Crippen LogP contribution in [0.3, 0.4) is 0 Å². The van der Waals surface area contributed by atoms with E-state index in [1.54, 1.807) is 12.3 Å². The number of benzene rings is 1. The molecule has 0 aliphatic rings. The maximum atomic E-state index is 14.1. The number of rotatable bonds is 43. The molecule has 6 atom stereocenters. The van der Waals surface area contributed by atoms with Gasteiger partial charge >= 0.3 is 0 Å². The lowest BCUT2D eigenvalue weighted by Gasteiger charge is -2.27. The van der Waals surface area contributed by atoms with Gasteiger partial charge in [0.1, 0.15) is 36.3 Å². The molecule has 0 aliphatic carbocycles. The van der Waals surface area contributed by atoms with Crippen LogP contribution >= 0.6 is 0 Å². The average Bonchev–Trinajstić information content (AvgIpc) is 3.81. The zero-order chi connectivity index (χ0) is 55.2. The second kappa shape index (κ2) is 39.6. The zero-order valence-corrected chi connectivity index (χ0v) is 44.8. The van der Waals surface area contributed by atoms with E-state index in [0.717, 1.165) is 30.2 Å². The molecule has 0 bridgehead atoms. The standard InChI is InChI=1S/C53H93N13O9/c1-3-4-5-6-7-8-9-10-11-12-13-14-15-29-46(69)61-41(26-18-21-30-54)48(71)63-42(27-19-22-31-55)49(72)65-45(36-68)52(75)64-43(33-37-34-60-39-25-17-16-24-38(37)39)50(73)66-44(35-67)51(74)62-40(47(70)58-2)28-20-23-32-59-53(56)57/h16-17,24-25,34,40-45,60,67-68H,3-15,18-23,26-33,35-36,54-55H2,1-2H3,(H,58,70)(H,61,69)(H,62,74)(H,63,71)(H,64,75)(H,65,72)(H,66,73)(H4,56,57,59)/t40-,41-,42-,43-,44-,45-/m0/s1. The number of aromatic amines is 1. The fraction of sp³-hybridized carbons (Fsp3) is 0.698. The third-order valence-corrected chi connectivity index (χ3v) is 13.2. The van der Waals surface area contributed by atoms with Crippen molar-refractivity contribution in [1.29, 1.82) is 5.41 Å². The second-order valence-corrected chi connectivity index (χ2v) is 19.4. The number of fused-ring (bicyclic) bond motifs is 1. The highest BCUT2D eigenvalue weighted by atomic mass is 16.3. The number of carbonyl (C=O) groups excluding carboxylic acids is 7. The number of hydrogen-bond acceptors (Lipinski definition) is 12. The van der Waals surface area contributed by atoms with Crippen molar-refractivity contribution in [1.82, 2.24) is 47.5 Å². The Hall–Kier alpha value is -5.84. The van der Waals surface area contributed by atoms with E-state index < -0.39 is 84.9 Å². The Bertz CT molecular complexity index is 2000. The molecule has 0 saturated carbocycles. The number of amides is 7. The van der Waals surface area contributed by atoms with Crippen LogP contribution < -0.4 is 59.7 Å². The van der Waals surface area contributed by atoms with Gasteiger partial charge in [0.2, 0.25) is 41.4 Å². The number of nitrogens with one attached hydrogen (secondary N) is 10. The molecule has 0 fully saturated rings. The Morgan fingerprint density at radius 3 is 1.47 bits per heavy atom. The summed E-state index contributed by atoms with van der Waals surface area (Å²) in [5.74, 6) is -5.14. The summed E-state index contributed by atoms with van der Waals surface area (Å²) in [5, 5.41) is 49.8. The first-order valence-electron chi connectivity index (χ1n) is 27.5. The molecule has 0 radical (unpaired) electrons. The van der Waals surface area contributed by atoms with Gasteiger partial charge in [-0.2, -0.15) is 0 Å². The van der Waals surface area contributed by atoms with Crippen molar-refractivity contribution in [2.45, 2.75) is 197 Å². The molecule has 0 aliphatic heterocycles. The van der Waals surface area contributed by atoms with Crippen molar-refractivity contribution >= 4 is 58.2 Å². The third kappa shape index (κ3) is 27.0. The summed E-state index contributed by atoms with van der Waals surface area (Å²) in [6.45, 7) is 1.51. The van der Waals surface area contributed by atoms with Gasteiger partial charge in [-0.3, -0.25) is 39.0 Å². The molecule has 2 rings (SSSR count). The number of H-pyrrole nitrogens is 1. The predicted molar refractivity (Wildman–Crippen MR) is 292 cm³/mol. The van der Waals surface area contributed by atoms with Crippen molar-refractivity contribution in [3.8, 4) is 0 Å². The number of aliphatic hydroxyl groups is 2. The number of para-hydroxylation sites is 1. The van der Waals surface area contributed by atoms with Gasteiger partial charge in [-0.05, 0) is 88.9 Å². The van der Waals surface area contributed by atoms with E-state index in [1.165, 1.54) is 64.8 Å². The minimum atomic E-state index is -1.62. The smallest absolute Gasteiger partial charge is 0.245 e. The summed E-state index contributed by atoms with van der Waals surface area (Å²) in [4.78, 5) is 98.6. The molecule has 22 nitrogen and oxygen atoms in total. The summed E-state index contributed by atoms with van der Waals surface area (Å²) in [7, 11) is 1.40. The van der Waals surface area contributed by atoms with E-state index in [0.29, 0.717) is 70.1 Å². The van der Waals surface area contributed by atoms with Crippen LogP contribution in [0.2, 0.25) is 0 Å². The lowest BCUT2D eigenvalue weighted by atomic mass is 10.0. The molecule has 424 valence electrons. The lowest BCUT2D eigenvalue weighted by Crippen LogP contribution is -2.61. The fourth-order valence-corrected chi connectivity index (χ4v) is 8.71. The second-order valence-electron chi connectivity index (χ2n) is 19.4. The Morgan fingerprint density at radius 1 is 0.547 bits per heavy atom. The van der Waals surface area contributed by atoms with Crippen molar-refractivity contribution in [3.63, 3.8) is 0 Å². The van der Waals surface area contributed by atoms with Crippen LogP contribution in [0.5, 0.6) is 0 Å². The van der Waals surface area contributed by atoms with E-state index >= 15 is 0 Å². The van der Waals surface area contributed by atoms with Crippen LogP contribution in [0.4, 0.5) is 0 Å². The molecule has 0 saturated heterocycles. The SMILES string of the molecule is CCCCCCCCCCCCCCCC(=O)N[C@@H](CCCCN)C(=O)N[C@@H](CCCCN)C(=O)N[C@@H](CO)C(=O)N[C@@H](Cc1c[nH]c2ccccc12)C(=O)N[C@@H](CO)C(=O)N[C@@H](CCCCNC(=N)N)C(=O)NC. The van der Waals surface area contributed by atoms with Gasteiger partial charge in [0, 0.05) is 43.5 Å². The summed E-state index contributed by atoms with van der Waals surface area (Å²) in [6.07, 6.45) is 20.6. The first-order chi connectivity index (χ1) is 36.2. The summed E-state index contributed by atoms with van der Waals surface area (Å²) in [5.41, 5.74) is 18.2. The summed E-state index contributed by atoms with van der Waals surface area (Å²) in [6, 6.07) is -0.603. The number of nitrogens with two attached hydrogens (primary N) is 3. The third-order valence-electron chi connectivity index (χ3n) is 13.2. The van der Waals surface area contributed by atoms with Crippen LogP contribution in [-0.4, -0.2) is 139 Å². The Kier molecular flexibility index (Phi) is 34.4. The fourth-order valence-electron chi connectivity index (χ4n) is 8.71. The number of aliphatic hydroxyl groups excluding tert-OH is 2. The minimum absolute atomic E-state index is 0.116. The van der Waals surface area contributed by atoms with Crippen molar-refractivity contribution in [2.24, 2.45) is 17.2 Å². The maximum Gasteiger partial charge on any atom is 0.245 e. The van der Waals surface area contributed by atoms with E-state index in [2.05, 4.69) is 54.4 Å². The molecule has 22 heteroatoms. The quantitative estimate of drug-likeness (QED) is 0.0256. The van der Waals surface area contributed by atoms with E-state index in [-0.39, 0.29) is 44.0 Å². The van der Waals surface area contributed by atoms with Gasteiger partial charge in [-0.1, -0.05) is 102 Å². The minimum Gasteiger partial charge on any atom is -0.394 e. The number of carbonyl (C=O) groups is 7. The van der Waals surface area contributed by atoms with Crippen LogP contribution in [-0.2, 0) is 40.0 Å². The van der Waals surface area contributed by atoms with E-state index in [4.69, 9.17) is 22.6 Å². The molecule has 75 heavy (non-hydrogen) atoms. The molecular formula is C53H93N13O9. The normalized spacial score (nSPS) is 13.6. The molecule has 0 unspecified atom stereocenters. The number of unbranched alkanes of at least 4 members (excludes halogenated alkanes) is 15. The van der Waals surface area contributed by atoms with Gasteiger partial charge in [0.15, 0.2) is 5.96 Å². The largest absolute Gasteiger partial charge is 0.394 e. The highest BCUT2D eigenvalue weighted by Crippen LogP contribution is 2.20. The first kappa shape index (κ1) is 65.3. The van der Waals surface area contributed by atoms with Crippen LogP contribution in [0.15, 0.2) is 30.5 Å². The summed E-state index contributed by atoms with van der Waals surface area (Å²) >= 11 is 0. The lowest BCUT2D eigenvalue weighted by molar-refractivity contribution is -0.136. The number of guanidine groups is 1. The molecule has 1 heterocycles. The van der Waals surface area contributed by atoms with Crippen molar-refractivity contribution < 1.29 is 43.8 Å². The predicted octanol–water partition coefficient (Wildman–Crippen LogP) is 1.74. The van der Waals surface area contributed by atoms with Gasteiger partial charge in [0.05, 0.1) is 13.2 Å². The molecule has 2 aromatic rings. The monoisotopic (exact) mass is 1060 g/mol. The average molecular weight is 1060 g/mol. The van der Waals surface area contributed by atoms with Crippen molar-refractivity contribution in [3.05, 3.63) is 36.0 Å². The van der Waals surface area contributed by atoms with Gasteiger partial charge in [0.25, 0.3) is 0 Å². The van der Waals surface area contributed by atoms with E-state index in [9.17, 15) is 43.8 Å². The van der Waals surface area contributed by atoms with Gasteiger partial charge in [-0.15, -0.1) is 0 Å². The number of hydrogen-bond donors (Lipinski definition) is 15. The zero-order valence-electron chi connectivity index (χ0n) is 44.8. The molecule has 1 aromatic carbocycles. The molecule has 18 N–H and O–H groups in total. The number of aromatic nitrogens is 1. The summed E-state index contributed by atoms with van der Waals surface area (Å²) < 4.78 is 0. The molecule has 7 amide bonds. The van der Waals surface area contributed by atoms with Gasteiger partial charge < -0.3 is 74.9 Å². The maximum absolute atomic E-state index is 14.1. The topological polar surface area (TPSA) is 374 Å². The molecule has 1 aromatic heterocycles. The molecule has 0 spiro atoms. The van der Waals surface area contributed by atoms with Crippen LogP contribution in [0.1, 0.15) is 160 Å². The Balaban J connectivity index is 2.19. The first-order valence-corrected chi connectivity index (χ1v) is 27.5. The van der Waals surface area contributed by atoms with Crippen molar-refractivity contribution in [2.75, 3.05) is 39.9 Å².